The van der Waals surface area contributed by atoms with E-state index in [0.29, 0.717) is 0 Å². The topological polar surface area (TPSA) is 41.3 Å². The molecule has 3 N–H and O–H groups in total. The Hall–Kier alpha value is -0.700. The molecule has 0 aromatic rings. The van der Waals surface area contributed by atoms with Gasteiger partial charge < -0.3 is 11.1 Å². The quantitative estimate of drug-likeness (QED) is 0.646. The fraction of sp³-hybridized carbons (Fsp3) is 0.778. The number of nitrogens with zero attached hydrogens (tertiary/aromatic N) is 1. The lowest BCUT2D eigenvalue weighted by Crippen LogP contribution is -2.37. The molecule has 1 aliphatic rings. The maximum Gasteiger partial charge on any atom is 0.0417 e. The minimum Gasteiger partial charge on any atom is -0.400 e. The first-order valence-corrected chi connectivity index (χ1v) is 4.71. The fourth-order valence-corrected chi connectivity index (χ4v) is 1.53. The van der Waals surface area contributed by atoms with Crippen molar-refractivity contribution in [2.24, 2.45) is 5.73 Å². The maximum atomic E-state index is 5.91. The van der Waals surface area contributed by atoms with Crippen molar-refractivity contribution in [3.8, 4) is 0 Å². The van der Waals surface area contributed by atoms with Gasteiger partial charge in [-0.3, -0.25) is 4.90 Å². The molecule has 0 unspecified atom stereocenters. The Balaban J connectivity index is 2.52. The Labute approximate surface area is 74.6 Å². The van der Waals surface area contributed by atoms with Crippen LogP contribution < -0.4 is 11.1 Å². The lowest BCUT2D eigenvalue weighted by molar-refractivity contribution is 0.294. The summed E-state index contributed by atoms with van der Waals surface area (Å²) in [4.78, 5) is 2.36. The summed E-state index contributed by atoms with van der Waals surface area (Å²) in [6.45, 7) is 8.42. The first-order valence-electron chi connectivity index (χ1n) is 4.71. The summed E-state index contributed by atoms with van der Waals surface area (Å²) in [6, 6.07) is 0. The number of hydrogen-bond donors (Lipinski definition) is 2. The van der Waals surface area contributed by atoms with Gasteiger partial charge in [0.25, 0.3) is 0 Å². The van der Waals surface area contributed by atoms with Crippen LogP contribution in [0.15, 0.2) is 11.4 Å². The molecule has 3 nitrogen and oxygen atoms in total. The van der Waals surface area contributed by atoms with Crippen molar-refractivity contribution >= 4 is 0 Å². The van der Waals surface area contributed by atoms with Crippen molar-refractivity contribution in [3.63, 3.8) is 0 Å². The van der Waals surface area contributed by atoms with Gasteiger partial charge in [0.2, 0.25) is 0 Å². The molecule has 0 amide bonds. The monoisotopic (exact) mass is 169 g/mol. The molecule has 0 aromatic carbocycles. The van der Waals surface area contributed by atoms with Crippen LogP contribution in [-0.2, 0) is 0 Å². The molecule has 0 spiro atoms. The summed E-state index contributed by atoms with van der Waals surface area (Å²) >= 11 is 0. The van der Waals surface area contributed by atoms with Crippen molar-refractivity contribution in [2.45, 2.75) is 20.3 Å². The molecule has 0 saturated carbocycles. The molecule has 0 radical (unpaired) electrons. The largest absolute Gasteiger partial charge is 0.400 e. The van der Waals surface area contributed by atoms with Crippen molar-refractivity contribution in [1.29, 1.82) is 0 Å². The van der Waals surface area contributed by atoms with Gasteiger partial charge in [0.15, 0.2) is 0 Å². The second-order valence-electron chi connectivity index (χ2n) is 3.15. The predicted octanol–water partition coefficient (Wildman–Crippen LogP) is 0.492. The average Bonchev–Trinajstić information content (AvgIpc) is 2.09. The molecule has 0 bridgehead atoms. The molecule has 0 aliphatic carbocycles. The van der Waals surface area contributed by atoms with Crippen molar-refractivity contribution in [1.82, 2.24) is 10.2 Å². The third-order valence-corrected chi connectivity index (χ3v) is 2.30. The van der Waals surface area contributed by atoms with Crippen LogP contribution in [0.25, 0.3) is 0 Å². The van der Waals surface area contributed by atoms with Gasteiger partial charge in [0.1, 0.15) is 0 Å². The van der Waals surface area contributed by atoms with Crippen LogP contribution in [0.5, 0.6) is 0 Å². The lowest BCUT2D eigenvalue weighted by atomic mass is 10.1. The molecule has 0 saturated heterocycles. The molecule has 70 valence electrons. The Morgan fingerprint density at radius 3 is 2.75 bits per heavy atom. The van der Waals surface area contributed by atoms with Crippen molar-refractivity contribution in [3.05, 3.63) is 11.4 Å². The number of rotatable bonds is 3. The molecule has 0 aromatic heterocycles. The SMILES string of the molecule is CCNC1=C(N)CN(CC)CC1. The summed E-state index contributed by atoms with van der Waals surface area (Å²) in [5.74, 6) is 0. The van der Waals surface area contributed by atoms with Crippen molar-refractivity contribution in [2.75, 3.05) is 26.2 Å². The van der Waals surface area contributed by atoms with E-state index < -0.39 is 0 Å². The van der Waals surface area contributed by atoms with Gasteiger partial charge >= 0.3 is 0 Å². The highest BCUT2D eigenvalue weighted by Gasteiger charge is 2.14. The summed E-state index contributed by atoms with van der Waals surface area (Å²) in [7, 11) is 0. The fourth-order valence-electron chi connectivity index (χ4n) is 1.53. The lowest BCUT2D eigenvalue weighted by Gasteiger charge is -2.28. The molecule has 1 heterocycles. The van der Waals surface area contributed by atoms with E-state index in [1.165, 1.54) is 5.70 Å². The second kappa shape index (κ2) is 4.36. The van der Waals surface area contributed by atoms with E-state index in [-0.39, 0.29) is 0 Å². The van der Waals surface area contributed by atoms with E-state index in [1.807, 2.05) is 0 Å². The van der Waals surface area contributed by atoms with Crippen LogP contribution in [0.4, 0.5) is 0 Å². The minimum atomic E-state index is 0.929. The molecule has 0 atom stereocenters. The van der Waals surface area contributed by atoms with Gasteiger partial charge in [0.05, 0.1) is 0 Å². The number of nitrogens with two attached hydrogens (primary N) is 1. The standard InChI is InChI=1S/C9H19N3/c1-3-11-9-5-6-12(4-2)7-8(9)10/h11H,3-7,10H2,1-2H3. The van der Waals surface area contributed by atoms with Crippen molar-refractivity contribution < 1.29 is 0 Å². The number of hydrogen-bond acceptors (Lipinski definition) is 3. The van der Waals surface area contributed by atoms with Gasteiger partial charge in [-0.1, -0.05) is 6.92 Å². The van der Waals surface area contributed by atoms with Gasteiger partial charge in [-0.15, -0.1) is 0 Å². The number of likely N-dealkylation sites (N-methyl/N-ethyl adjacent to an activating group) is 1. The number of nitrogens with one attached hydrogen (secondary N) is 1. The van der Waals surface area contributed by atoms with Gasteiger partial charge in [-0.25, -0.2) is 0 Å². The zero-order valence-corrected chi connectivity index (χ0v) is 8.06. The zero-order chi connectivity index (χ0) is 8.97. The van der Waals surface area contributed by atoms with Gasteiger partial charge in [-0.2, -0.15) is 0 Å². The van der Waals surface area contributed by atoms with Gasteiger partial charge in [0, 0.05) is 37.4 Å². The normalized spacial score (nSPS) is 19.8. The highest BCUT2D eigenvalue weighted by atomic mass is 15.1. The zero-order valence-electron chi connectivity index (χ0n) is 8.06. The Kier molecular flexibility index (Phi) is 3.41. The average molecular weight is 169 g/mol. The highest BCUT2D eigenvalue weighted by molar-refractivity contribution is 5.14. The first-order chi connectivity index (χ1) is 5.77. The smallest absolute Gasteiger partial charge is 0.0417 e. The second-order valence-corrected chi connectivity index (χ2v) is 3.15. The van der Waals surface area contributed by atoms with Crippen LogP contribution in [0, 0.1) is 0 Å². The summed E-state index contributed by atoms with van der Waals surface area (Å²) in [5.41, 5.74) is 8.18. The summed E-state index contributed by atoms with van der Waals surface area (Å²) in [5, 5.41) is 3.31. The van der Waals surface area contributed by atoms with Crippen LogP contribution >= 0.6 is 0 Å². The van der Waals surface area contributed by atoms with E-state index in [1.54, 1.807) is 0 Å². The van der Waals surface area contributed by atoms with E-state index in [0.717, 1.165) is 38.3 Å². The molecule has 1 aliphatic heterocycles. The van der Waals surface area contributed by atoms with E-state index >= 15 is 0 Å². The molecule has 3 heteroatoms. The molecule has 0 fully saturated rings. The Bertz CT molecular complexity index is 175. The third-order valence-electron chi connectivity index (χ3n) is 2.30. The molecule has 12 heavy (non-hydrogen) atoms. The maximum absolute atomic E-state index is 5.91. The summed E-state index contributed by atoms with van der Waals surface area (Å²) in [6.07, 6.45) is 1.08. The van der Waals surface area contributed by atoms with Crippen LogP contribution in [0.1, 0.15) is 20.3 Å². The Morgan fingerprint density at radius 2 is 2.25 bits per heavy atom. The third kappa shape index (κ3) is 2.14. The van der Waals surface area contributed by atoms with E-state index in [2.05, 4.69) is 24.1 Å². The highest BCUT2D eigenvalue weighted by Crippen LogP contribution is 2.10. The summed E-state index contributed by atoms with van der Waals surface area (Å²) < 4.78 is 0. The van der Waals surface area contributed by atoms with E-state index in [4.69, 9.17) is 5.73 Å². The minimum absolute atomic E-state index is 0.929. The Morgan fingerprint density at radius 1 is 1.50 bits per heavy atom. The molecule has 1 rings (SSSR count). The van der Waals surface area contributed by atoms with Gasteiger partial charge in [-0.05, 0) is 13.5 Å². The van der Waals surface area contributed by atoms with Crippen LogP contribution in [0.3, 0.4) is 0 Å². The molecular formula is C9H19N3. The predicted molar refractivity (Wildman–Crippen MR) is 51.6 cm³/mol. The van der Waals surface area contributed by atoms with E-state index in [9.17, 15) is 0 Å². The van der Waals surface area contributed by atoms with Crippen LogP contribution in [-0.4, -0.2) is 31.1 Å². The molecular weight excluding hydrogens is 150 g/mol. The van der Waals surface area contributed by atoms with Crippen LogP contribution in [0.2, 0.25) is 0 Å². The first kappa shape index (κ1) is 9.39.